The van der Waals surface area contributed by atoms with Crippen molar-refractivity contribution >= 4 is 40.3 Å². The van der Waals surface area contributed by atoms with Gasteiger partial charge in [-0.2, -0.15) is 13.5 Å². The van der Waals surface area contributed by atoms with E-state index in [1.54, 1.807) is 7.05 Å². The average molecular weight is 640 g/mol. The van der Waals surface area contributed by atoms with Crippen molar-refractivity contribution in [3.8, 4) is 11.5 Å². The van der Waals surface area contributed by atoms with E-state index in [2.05, 4.69) is 9.72 Å². The molecule has 1 atom stereocenters. The molecule has 16 heteroatoms. The van der Waals surface area contributed by atoms with Crippen LogP contribution in [0.4, 0.5) is 8.78 Å². The number of carbonyl (C=O) groups is 1. The second-order valence-electron chi connectivity index (χ2n) is 10.1. The zero-order valence-electron chi connectivity index (χ0n) is 22.8. The van der Waals surface area contributed by atoms with Crippen LogP contribution >= 0.6 is 23.2 Å². The van der Waals surface area contributed by atoms with Gasteiger partial charge >= 0.3 is 18.3 Å². The van der Waals surface area contributed by atoms with Gasteiger partial charge in [-0.05, 0) is 36.5 Å². The number of hydrogen-bond donors (Lipinski definition) is 0. The summed E-state index contributed by atoms with van der Waals surface area (Å²) in [6.07, 6.45) is 4.06. The molecule has 5 rings (SSSR count). The van der Waals surface area contributed by atoms with E-state index in [1.165, 1.54) is 36.1 Å². The van der Waals surface area contributed by atoms with Gasteiger partial charge in [-0.25, -0.2) is 14.3 Å². The topological polar surface area (TPSA) is 134 Å². The number of pyridine rings is 1. The molecule has 228 valence electrons. The zero-order valence-corrected chi connectivity index (χ0v) is 24.3. The van der Waals surface area contributed by atoms with Crippen molar-refractivity contribution in [3.63, 3.8) is 0 Å². The zero-order chi connectivity index (χ0) is 31.0. The lowest BCUT2D eigenvalue weighted by atomic mass is 10.0. The molecule has 0 saturated heterocycles. The molecule has 1 aliphatic rings. The van der Waals surface area contributed by atoms with Crippen LogP contribution in [0.2, 0.25) is 10.0 Å². The third kappa shape index (κ3) is 6.59. The number of carbonyl (C=O) groups excluding carboxylic acids is 1. The predicted octanol–water partition coefficient (Wildman–Crippen LogP) is 3.29. The Morgan fingerprint density at radius 3 is 2.51 bits per heavy atom. The molecule has 43 heavy (non-hydrogen) atoms. The summed E-state index contributed by atoms with van der Waals surface area (Å²) >= 11 is 12.6. The van der Waals surface area contributed by atoms with E-state index in [4.69, 9.17) is 32.7 Å². The first-order chi connectivity index (χ1) is 20.4. The first-order valence-corrected chi connectivity index (χ1v) is 13.8. The molecule has 0 bridgehead atoms. The molecule has 3 aromatic heterocycles. The number of esters is 1. The summed E-state index contributed by atoms with van der Waals surface area (Å²) in [6, 6.07) is 4.04. The standard InChI is InChI=1S/C27H25Cl2F2N5O7/c1-33-13-32-24-23(33)25(38)36(27(39)34(24)2)11-22(37)42-20(8-16-17(28)9-35(40)10-18(16)29)15-5-6-19(43-26(30)31)21(7-15)41-12-14-3-4-14/h5-7,9-10,13-14,20,26H,3-4,8,11-12H2,1-2H3. The van der Waals surface area contributed by atoms with E-state index in [0.717, 1.165) is 34.4 Å². The van der Waals surface area contributed by atoms with Crippen LogP contribution in [0.15, 0.2) is 46.5 Å². The number of aryl methyl sites for hydroxylation is 2. The van der Waals surface area contributed by atoms with Crippen molar-refractivity contribution in [1.29, 1.82) is 0 Å². The minimum atomic E-state index is -3.11. The van der Waals surface area contributed by atoms with Crippen LogP contribution in [0, 0.1) is 11.1 Å². The normalized spacial score (nSPS) is 13.8. The SMILES string of the molecule is Cn1cnc2c1c(=O)n(CC(=O)OC(Cc1c(Cl)c[n+]([O-])cc1Cl)c1ccc(OC(F)F)c(OCC3CC3)c1)c(=O)n2C. The third-order valence-corrected chi connectivity index (χ3v) is 7.59. The molecule has 0 aliphatic heterocycles. The Morgan fingerprint density at radius 1 is 1.16 bits per heavy atom. The summed E-state index contributed by atoms with van der Waals surface area (Å²) in [7, 11) is 2.98. The summed E-state index contributed by atoms with van der Waals surface area (Å²) in [4.78, 5) is 43.4. The van der Waals surface area contributed by atoms with Crippen LogP contribution < -0.4 is 25.5 Å². The van der Waals surface area contributed by atoms with Gasteiger partial charge < -0.3 is 24.0 Å². The first-order valence-electron chi connectivity index (χ1n) is 13.0. The van der Waals surface area contributed by atoms with Crippen LogP contribution in [0.3, 0.4) is 0 Å². The number of imidazole rings is 1. The predicted molar refractivity (Wildman–Crippen MR) is 149 cm³/mol. The Labute approximate surface area is 252 Å². The molecule has 0 spiro atoms. The molecule has 3 heterocycles. The monoisotopic (exact) mass is 639 g/mol. The van der Waals surface area contributed by atoms with Gasteiger partial charge in [0.05, 0.1) is 12.9 Å². The first kappa shape index (κ1) is 30.3. The molecule has 0 radical (unpaired) electrons. The molecule has 4 aromatic rings. The summed E-state index contributed by atoms with van der Waals surface area (Å²) in [5.74, 6) is -0.899. The summed E-state index contributed by atoms with van der Waals surface area (Å²) in [5.41, 5.74) is -0.741. The highest BCUT2D eigenvalue weighted by Gasteiger charge is 2.27. The Bertz CT molecular complexity index is 1800. The van der Waals surface area contributed by atoms with Crippen LogP contribution in [0.1, 0.15) is 30.1 Å². The highest BCUT2D eigenvalue weighted by molar-refractivity contribution is 6.35. The number of alkyl halides is 2. The molecule has 1 fully saturated rings. The van der Waals surface area contributed by atoms with Crippen molar-refractivity contribution in [1.82, 2.24) is 18.7 Å². The number of fused-ring (bicyclic) bond motifs is 1. The average Bonchev–Trinajstić information content (AvgIpc) is 3.69. The number of benzene rings is 1. The van der Waals surface area contributed by atoms with Gasteiger partial charge in [-0.15, -0.1) is 0 Å². The van der Waals surface area contributed by atoms with Crippen LogP contribution in [0.5, 0.6) is 11.5 Å². The van der Waals surface area contributed by atoms with Crippen molar-refractivity contribution < 1.29 is 32.5 Å². The maximum Gasteiger partial charge on any atom is 0.387 e. The van der Waals surface area contributed by atoms with Crippen molar-refractivity contribution in [2.75, 3.05) is 6.61 Å². The number of halogens is 4. The number of rotatable bonds is 11. The second-order valence-corrected chi connectivity index (χ2v) is 10.9. The number of hydrogen-bond acceptors (Lipinski definition) is 8. The fraction of sp³-hybridized carbons (Fsp3) is 0.370. The van der Waals surface area contributed by atoms with Crippen molar-refractivity contribution in [2.45, 2.75) is 38.5 Å². The third-order valence-electron chi connectivity index (χ3n) is 6.94. The molecule has 1 unspecified atom stereocenters. The van der Waals surface area contributed by atoms with Crippen molar-refractivity contribution in [2.24, 2.45) is 20.0 Å². The summed E-state index contributed by atoms with van der Waals surface area (Å²) < 4.78 is 46.0. The maximum absolute atomic E-state index is 13.3. The molecule has 0 N–H and O–H groups in total. The number of aromatic nitrogens is 5. The van der Waals surface area contributed by atoms with E-state index in [0.29, 0.717) is 4.73 Å². The Balaban J connectivity index is 1.51. The van der Waals surface area contributed by atoms with Gasteiger partial charge in [0.2, 0.25) is 0 Å². The Kier molecular flexibility index (Phi) is 8.60. The van der Waals surface area contributed by atoms with Gasteiger partial charge in [0.1, 0.15) is 22.7 Å². The molecule has 1 saturated carbocycles. The molecule has 1 aromatic carbocycles. The van der Waals surface area contributed by atoms with E-state index in [-0.39, 0.29) is 62.8 Å². The molecule has 12 nitrogen and oxygen atoms in total. The van der Waals surface area contributed by atoms with E-state index in [1.807, 2.05) is 0 Å². The fourth-order valence-corrected chi connectivity index (χ4v) is 5.12. The van der Waals surface area contributed by atoms with Crippen LogP contribution in [-0.4, -0.2) is 37.9 Å². The number of ether oxygens (including phenoxy) is 3. The van der Waals surface area contributed by atoms with Gasteiger partial charge in [0.25, 0.3) is 5.56 Å². The minimum Gasteiger partial charge on any atom is -0.619 e. The minimum absolute atomic E-state index is 0.000141. The second kappa shape index (κ2) is 12.2. The van der Waals surface area contributed by atoms with Gasteiger partial charge in [0, 0.05) is 26.1 Å². The molecule has 1 aliphatic carbocycles. The largest absolute Gasteiger partial charge is 0.619 e. The lowest BCUT2D eigenvalue weighted by Gasteiger charge is -2.21. The highest BCUT2D eigenvalue weighted by atomic mass is 35.5. The molecular formula is C27H25Cl2F2N5O7. The van der Waals surface area contributed by atoms with Gasteiger partial charge in [0.15, 0.2) is 35.1 Å². The highest BCUT2D eigenvalue weighted by Crippen LogP contribution is 2.37. The van der Waals surface area contributed by atoms with E-state index in [9.17, 15) is 28.4 Å². The van der Waals surface area contributed by atoms with Gasteiger partial charge in [-0.1, -0.05) is 29.3 Å². The maximum atomic E-state index is 13.3. The summed E-state index contributed by atoms with van der Waals surface area (Å²) in [6.45, 7) is -3.59. The molecule has 0 amide bonds. The smallest absolute Gasteiger partial charge is 0.387 e. The van der Waals surface area contributed by atoms with E-state index < -0.39 is 36.5 Å². The van der Waals surface area contributed by atoms with Crippen LogP contribution in [0.25, 0.3) is 11.2 Å². The van der Waals surface area contributed by atoms with E-state index >= 15 is 0 Å². The summed E-state index contributed by atoms with van der Waals surface area (Å²) in [5, 5.41) is 11.8. The van der Waals surface area contributed by atoms with Gasteiger partial charge in [-0.3, -0.25) is 14.2 Å². The van der Waals surface area contributed by atoms with Crippen molar-refractivity contribution in [3.05, 3.63) is 84.1 Å². The lowest BCUT2D eigenvalue weighted by Crippen LogP contribution is -2.41. The lowest BCUT2D eigenvalue weighted by molar-refractivity contribution is -0.605. The van der Waals surface area contributed by atoms with Crippen LogP contribution in [-0.2, 0) is 36.6 Å². The fourth-order valence-electron chi connectivity index (χ4n) is 4.52. The number of nitrogens with zero attached hydrogens (tertiary/aromatic N) is 5. The Hall–Kier alpha value is -4.17. The Morgan fingerprint density at radius 2 is 1.86 bits per heavy atom. The quantitative estimate of drug-likeness (QED) is 0.139. The molecular weight excluding hydrogens is 615 g/mol.